The summed E-state index contributed by atoms with van der Waals surface area (Å²) >= 11 is 11.9. The summed E-state index contributed by atoms with van der Waals surface area (Å²) in [7, 11) is -3.34. The van der Waals surface area contributed by atoms with E-state index in [1.165, 1.54) is 12.1 Å². The average molecular weight is 387 g/mol. The minimum Gasteiger partial charge on any atom is -0.348 e. The molecule has 2 N–H and O–H groups in total. The van der Waals surface area contributed by atoms with Crippen LogP contribution in [-0.2, 0) is 16.6 Å². The molecule has 0 spiro atoms. The molecule has 0 radical (unpaired) electrons. The van der Waals surface area contributed by atoms with Crippen molar-refractivity contribution in [1.29, 1.82) is 0 Å². The lowest BCUT2D eigenvalue weighted by Gasteiger charge is -2.09. The summed E-state index contributed by atoms with van der Waals surface area (Å²) < 4.78 is 25.4. The Bertz CT molecular complexity index is 837. The Morgan fingerprint density at radius 3 is 2.33 bits per heavy atom. The molecule has 0 fully saturated rings. The SMILES string of the molecule is CCS(=O)(=O)Nc1ccc(C(=O)NCc2ccc(Cl)cc2Cl)cc1. The van der Waals surface area contributed by atoms with Crippen molar-refractivity contribution in [2.75, 3.05) is 10.5 Å². The standard InChI is InChI=1S/C16H16Cl2N2O3S/c1-2-24(22,23)20-14-7-4-11(5-8-14)16(21)19-10-12-3-6-13(17)9-15(12)18/h3-9,20H,2,10H2,1H3,(H,19,21). The number of nitrogens with one attached hydrogen (secondary N) is 2. The Kier molecular flexibility index (Phi) is 6.10. The smallest absolute Gasteiger partial charge is 0.251 e. The molecule has 0 saturated heterocycles. The van der Waals surface area contributed by atoms with Crippen LogP contribution >= 0.6 is 23.2 Å². The second kappa shape index (κ2) is 7.88. The molecule has 128 valence electrons. The number of rotatable bonds is 6. The van der Waals surface area contributed by atoms with Gasteiger partial charge in [-0.1, -0.05) is 29.3 Å². The maximum Gasteiger partial charge on any atom is 0.251 e. The van der Waals surface area contributed by atoms with Gasteiger partial charge in [-0.3, -0.25) is 9.52 Å². The summed E-state index contributed by atoms with van der Waals surface area (Å²) in [6.45, 7) is 1.81. The van der Waals surface area contributed by atoms with Crippen molar-refractivity contribution >= 4 is 44.8 Å². The Balaban J connectivity index is 2.00. The molecule has 0 saturated carbocycles. The normalized spacial score (nSPS) is 11.1. The first-order valence-electron chi connectivity index (χ1n) is 7.13. The van der Waals surface area contributed by atoms with Gasteiger partial charge in [0.1, 0.15) is 0 Å². The Labute approximate surface area is 151 Å². The highest BCUT2D eigenvalue weighted by atomic mass is 35.5. The first kappa shape index (κ1) is 18.6. The van der Waals surface area contributed by atoms with Crippen molar-refractivity contribution in [3.8, 4) is 0 Å². The van der Waals surface area contributed by atoms with Gasteiger partial charge in [0.15, 0.2) is 0 Å². The highest BCUT2D eigenvalue weighted by Gasteiger charge is 2.09. The van der Waals surface area contributed by atoms with Crippen molar-refractivity contribution < 1.29 is 13.2 Å². The van der Waals surface area contributed by atoms with Crippen molar-refractivity contribution in [2.24, 2.45) is 0 Å². The predicted octanol–water partition coefficient (Wildman–Crippen LogP) is 3.69. The molecular weight excluding hydrogens is 371 g/mol. The van der Waals surface area contributed by atoms with Gasteiger partial charge in [0, 0.05) is 27.8 Å². The number of hydrogen-bond acceptors (Lipinski definition) is 3. The van der Waals surface area contributed by atoms with Crippen LogP contribution in [0.2, 0.25) is 10.0 Å². The van der Waals surface area contributed by atoms with Gasteiger partial charge in [0.25, 0.3) is 5.91 Å². The van der Waals surface area contributed by atoms with E-state index in [-0.39, 0.29) is 18.2 Å². The summed E-state index contributed by atoms with van der Waals surface area (Å²) in [6, 6.07) is 11.2. The second-order valence-corrected chi connectivity index (χ2v) is 7.86. The number of halogens is 2. The molecule has 24 heavy (non-hydrogen) atoms. The van der Waals surface area contributed by atoms with Crippen LogP contribution in [0.5, 0.6) is 0 Å². The average Bonchev–Trinajstić information content (AvgIpc) is 2.54. The fourth-order valence-corrected chi connectivity index (χ4v) is 3.00. The molecule has 0 aromatic heterocycles. The molecule has 0 aliphatic rings. The van der Waals surface area contributed by atoms with Crippen molar-refractivity contribution in [3.63, 3.8) is 0 Å². The predicted molar refractivity (Wildman–Crippen MR) is 97.2 cm³/mol. The lowest BCUT2D eigenvalue weighted by molar-refractivity contribution is 0.0951. The van der Waals surface area contributed by atoms with Crippen molar-refractivity contribution in [3.05, 3.63) is 63.6 Å². The van der Waals surface area contributed by atoms with Gasteiger partial charge >= 0.3 is 0 Å². The molecule has 0 aliphatic carbocycles. The summed E-state index contributed by atoms with van der Waals surface area (Å²) in [5.74, 6) is -0.303. The zero-order chi connectivity index (χ0) is 17.7. The first-order valence-corrected chi connectivity index (χ1v) is 9.54. The molecule has 1 amide bonds. The van der Waals surface area contributed by atoms with Gasteiger partial charge in [0.05, 0.1) is 5.75 Å². The highest BCUT2D eigenvalue weighted by molar-refractivity contribution is 7.92. The van der Waals surface area contributed by atoms with E-state index >= 15 is 0 Å². The number of anilines is 1. The topological polar surface area (TPSA) is 75.3 Å². The summed E-state index contributed by atoms with van der Waals surface area (Å²) in [6.07, 6.45) is 0. The third-order valence-corrected chi connectivity index (χ3v) is 5.15. The van der Waals surface area contributed by atoms with E-state index in [0.29, 0.717) is 21.3 Å². The molecule has 0 heterocycles. The number of benzene rings is 2. The second-order valence-electron chi connectivity index (χ2n) is 5.00. The zero-order valence-electron chi connectivity index (χ0n) is 12.8. The maximum absolute atomic E-state index is 12.1. The summed E-state index contributed by atoms with van der Waals surface area (Å²) in [5.41, 5.74) is 1.58. The molecule has 2 aromatic carbocycles. The van der Waals surface area contributed by atoms with Crippen LogP contribution in [0.15, 0.2) is 42.5 Å². The van der Waals surface area contributed by atoms with E-state index < -0.39 is 10.0 Å². The van der Waals surface area contributed by atoms with E-state index in [4.69, 9.17) is 23.2 Å². The Morgan fingerprint density at radius 2 is 1.75 bits per heavy atom. The molecule has 0 bridgehead atoms. The zero-order valence-corrected chi connectivity index (χ0v) is 15.2. The minimum absolute atomic E-state index is 0.0168. The van der Waals surface area contributed by atoms with E-state index in [2.05, 4.69) is 10.0 Å². The van der Waals surface area contributed by atoms with Crippen LogP contribution in [-0.4, -0.2) is 20.1 Å². The Hall–Kier alpha value is -1.76. The summed E-state index contributed by atoms with van der Waals surface area (Å²) in [4.78, 5) is 12.1. The number of hydrogen-bond donors (Lipinski definition) is 2. The van der Waals surface area contributed by atoms with Crippen LogP contribution in [0, 0.1) is 0 Å². The van der Waals surface area contributed by atoms with Gasteiger partial charge in [-0.2, -0.15) is 0 Å². The molecule has 0 atom stereocenters. The highest BCUT2D eigenvalue weighted by Crippen LogP contribution is 2.21. The lowest BCUT2D eigenvalue weighted by Crippen LogP contribution is -2.23. The maximum atomic E-state index is 12.1. The first-order chi connectivity index (χ1) is 11.3. The van der Waals surface area contributed by atoms with Crippen LogP contribution in [0.1, 0.15) is 22.8 Å². The number of amides is 1. The molecular formula is C16H16Cl2N2O3S. The van der Waals surface area contributed by atoms with Crippen LogP contribution < -0.4 is 10.0 Å². The molecule has 0 aliphatic heterocycles. The monoisotopic (exact) mass is 386 g/mol. The number of sulfonamides is 1. The van der Waals surface area contributed by atoms with Gasteiger partial charge in [-0.05, 0) is 48.9 Å². The van der Waals surface area contributed by atoms with Crippen molar-refractivity contribution in [1.82, 2.24) is 5.32 Å². The van der Waals surface area contributed by atoms with Gasteiger partial charge < -0.3 is 5.32 Å². The fraction of sp³-hybridized carbons (Fsp3) is 0.188. The van der Waals surface area contributed by atoms with Crippen molar-refractivity contribution in [2.45, 2.75) is 13.5 Å². The van der Waals surface area contributed by atoms with Crippen LogP contribution in [0.3, 0.4) is 0 Å². The number of carbonyl (C=O) groups excluding carboxylic acids is 1. The van der Waals surface area contributed by atoms with E-state index in [0.717, 1.165) is 5.56 Å². The Morgan fingerprint density at radius 1 is 1.08 bits per heavy atom. The third-order valence-electron chi connectivity index (χ3n) is 3.25. The quantitative estimate of drug-likeness (QED) is 0.794. The summed E-state index contributed by atoms with van der Waals surface area (Å²) in [5, 5.41) is 3.76. The van der Waals surface area contributed by atoms with Gasteiger partial charge in [-0.25, -0.2) is 8.42 Å². The molecule has 2 rings (SSSR count). The van der Waals surface area contributed by atoms with Crippen LogP contribution in [0.25, 0.3) is 0 Å². The molecule has 8 heteroatoms. The minimum atomic E-state index is -3.34. The van der Waals surface area contributed by atoms with Gasteiger partial charge in [-0.15, -0.1) is 0 Å². The number of carbonyl (C=O) groups is 1. The lowest BCUT2D eigenvalue weighted by atomic mass is 10.2. The fourth-order valence-electron chi connectivity index (χ4n) is 1.88. The largest absolute Gasteiger partial charge is 0.348 e. The van der Waals surface area contributed by atoms with E-state index in [9.17, 15) is 13.2 Å². The molecule has 2 aromatic rings. The third kappa shape index (κ3) is 5.12. The molecule has 0 unspecified atom stereocenters. The molecule has 5 nitrogen and oxygen atoms in total. The van der Waals surface area contributed by atoms with E-state index in [1.807, 2.05) is 0 Å². The van der Waals surface area contributed by atoms with Crippen LogP contribution in [0.4, 0.5) is 5.69 Å². The van der Waals surface area contributed by atoms with E-state index in [1.54, 1.807) is 37.3 Å². The van der Waals surface area contributed by atoms with Gasteiger partial charge in [0.2, 0.25) is 10.0 Å².